The standard InChI is InChI=1S/C16H15BrN2O/c1-11-6-7-14(12(2)8-11)10-18-19-16(20)13-4-3-5-15(17)9-13/h3-10H,1-2H3,(H,19,20)/b18-10-. The van der Waals surface area contributed by atoms with Gasteiger partial charge in [0.05, 0.1) is 6.21 Å². The fraction of sp³-hybridized carbons (Fsp3) is 0.125. The average molecular weight is 331 g/mol. The van der Waals surface area contributed by atoms with Gasteiger partial charge in [-0.15, -0.1) is 0 Å². The van der Waals surface area contributed by atoms with Crippen LogP contribution in [0, 0.1) is 13.8 Å². The van der Waals surface area contributed by atoms with E-state index >= 15 is 0 Å². The van der Waals surface area contributed by atoms with Gasteiger partial charge in [-0.3, -0.25) is 4.79 Å². The molecule has 0 saturated heterocycles. The van der Waals surface area contributed by atoms with Crippen molar-refractivity contribution in [3.05, 3.63) is 69.2 Å². The SMILES string of the molecule is Cc1ccc(/C=N\NC(=O)c2cccc(Br)c2)c(C)c1. The zero-order chi connectivity index (χ0) is 14.5. The fourth-order valence-corrected chi connectivity index (χ4v) is 2.22. The lowest BCUT2D eigenvalue weighted by molar-refractivity contribution is 0.0955. The largest absolute Gasteiger partial charge is 0.271 e. The van der Waals surface area contributed by atoms with Crippen LogP contribution in [0.1, 0.15) is 27.0 Å². The molecule has 4 heteroatoms. The van der Waals surface area contributed by atoms with Crippen LogP contribution in [0.3, 0.4) is 0 Å². The van der Waals surface area contributed by atoms with Gasteiger partial charge in [-0.1, -0.05) is 45.8 Å². The molecule has 0 spiro atoms. The van der Waals surface area contributed by atoms with Crippen molar-refractivity contribution in [2.24, 2.45) is 5.10 Å². The monoisotopic (exact) mass is 330 g/mol. The number of rotatable bonds is 3. The molecular formula is C16H15BrN2O. The summed E-state index contributed by atoms with van der Waals surface area (Å²) in [5.74, 6) is -0.229. The van der Waals surface area contributed by atoms with Crippen LogP contribution in [0.25, 0.3) is 0 Å². The number of nitrogens with one attached hydrogen (secondary N) is 1. The highest BCUT2D eigenvalue weighted by Crippen LogP contribution is 2.11. The minimum absolute atomic E-state index is 0.229. The van der Waals surface area contributed by atoms with E-state index in [1.165, 1.54) is 5.56 Å². The third-order valence-corrected chi connectivity index (χ3v) is 3.38. The Kier molecular flexibility index (Phi) is 4.69. The third-order valence-electron chi connectivity index (χ3n) is 2.88. The molecule has 0 atom stereocenters. The van der Waals surface area contributed by atoms with Crippen LogP contribution in [0.4, 0.5) is 0 Å². The lowest BCUT2D eigenvalue weighted by Gasteiger charge is -2.02. The van der Waals surface area contributed by atoms with Crippen molar-refractivity contribution in [3.63, 3.8) is 0 Å². The first kappa shape index (κ1) is 14.5. The predicted molar refractivity (Wildman–Crippen MR) is 85.1 cm³/mol. The van der Waals surface area contributed by atoms with Gasteiger partial charge in [-0.25, -0.2) is 5.43 Å². The van der Waals surface area contributed by atoms with Gasteiger partial charge in [0, 0.05) is 10.0 Å². The van der Waals surface area contributed by atoms with Crippen molar-refractivity contribution in [1.82, 2.24) is 5.43 Å². The molecule has 2 rings (SSSR count). The summed E-state index contributed by atoms with van der Waals surface area (Å²) in [4.78, 5) is 11.9. The maximum absolute atomic E-state index is 11.9. The Balaban J connectivity index is 2.04. The topological polar surface area (TPSA) is 41.5 Å². The summed E-state index contributed by atoms with van der Waals surface area (Å²) in [5, 5.41) is 4.00. The van der Waals surface area contributed by atoms with Gasteiger partial charge < -0.3 is 0 Å². The van der Waals surface area contributed by atoms with Crippen molar-refractivity contribution in [2.75, 3.05) is 0 Å². The van der Waals surface area contributed by atoms with Gasteiger partial charge >= 0.3 is 0 Å². The third kappa shape index (κ3) is 3.78. The molecule has 0 aromatic heterocycles. The van der Waals surface area contributed by atoms with E-state index in [1.807, 2.05) is 38.1 Å². The molecule has 0 aliphatic carbocycles. The van der Waals surface area contributed by atoms with Crippen molar-refractivity contribution in [1.29, 1.82) is 0 Å². The van der Waals surface area contributed by atoms with Crippen LogP contribution in [0.5, 0.6) is 0 Å². The lowest BCUT2D eigenvalue weighted by Crippen LogP contribution is -2.17. The smallest absolute Gasteiger partial charge is 0.267 e. The first-order valence-electron chi connectivity index (χ1n) is 6.22. The van der Waals surface area contributed by atoms with Gasteiger partial charge in [0.2, 0.25) is 0 Å². The number of aryl methyl sites for hydroxylation is 2. The molecule has 0 aliphatic rings. The Hall–Kier alpha value is -1.94. The number of halogens is 1. The molecule has 0 fully saturated rings. The van der Waals surface area contributed by atoms with Crippen LogP contribution in [0.15, 0.2) is 52.0 Å². The molecule has 0 bridgehead atoms. The summed E-state index contributed by atoms with van der Waals surface area (Å²) in [6.45, 7) is 4.06. The van der Waals surface area contributed by atoms with E-state index in [-0.39, 0.29) is 5.91 Å². The summed E-state index contributed by atoms with van der Waals surface area (Å²) >= 11 is 3.33. The maximum Gasteiger partial charge on any atom is 0.271 e. The van der Waals surface area contributed by atoms with Crippen molar-refractivity contribution in [2.45, 2.75) is 13.8 Å². The number of carbonyl (C=O) groups is 1. The number of amides is 1. The zero-order valence-corrected chi connectivity index (χ0v) is 12.9. The highest BCUT2D eigenvalue weighted by atomic mass is 79.9. The predicted octanol–water partition coefficient (Wildman–Crippen LogP) is 3.83. The van der Waals surface area contributed by atoms with E-state index in [2.05, 4.69) is 32.5 Å². The second kappa shape index (κ2) is 6.48. The minimum atomic E-state index is -0.229. The number of hydrogen-bond donors (Lipinski definition) is 1. The number of hydrazone groups is 1. The average Bonchev–Trinajstić information content (AvgIpc) is 2.41. The number of hydrogen-bond acceptors (Lipinski definition) is 2. The van der Waals surface area contributed by atoms with Crippen molar-refractivity contribution < 1.29 is 4.79 Å². The summed E-state index contributed by atoms with van der Waals surface area (Å²) in [5.41, 5.74) is 6.42. The van der Waals surface area contributed by atoms with Gasteiger partial charge in [0.15, 0.2) is 0 Å². The Labute approximate surface area is 126 Å². The van der Waals surface area contributed by atoms with Crippen LogP contribution in [-0.4, -0.2) is 12.1 Å². The van der Waals surface area contributed by atoms with Crippen LogP contribution < -0.4 is 5.43 Å². The molecule has 3 nitrogen and oxygen atoms in total. The van der Waals surface area contributed by atoms with Crippen molar-refractivity contribution in [3.8, 4) is 0 Å². The second-order valence-corrected chi connectivity index (χ2v) is 5.49. The Morgan fingerprint density at radius 3 is 2.70 bits per heavy atom. The van der Waals surface area contributed by atoms with Crippen molar-refractivity contribution >= 4 is 28.1 Å². The minimum Gasteiger partial charge on any atom is -0.267 e. The summed E-state index contributed by atoms with van der Waals surface area (Å²) in [6, 6.07) is 13.3. The lowest BCUT2D eigenvalue weighted by atomic mass is 10.1. The molecule has 0 aliphatic heterocycles. The molecule has 102 valence electrons. The van der Waals surface area contributed by atoms with Crippen LogP contribution in [-0.2, 0) is 0 Å². The van der Waals surface area contributed by atoms with Gasteiger partial charge in [0.1, 0.15) is 0 Å². The number of carbonyl (C=O) groups excluding carboxylic acids is 1. The van der Waals surface area contributed by atoms with Gasteiger partial charge in [-0.2, -0.15) is 5.10 Å². The highest BCUT2D eigenvalue weighted by molar-refractivity contribution is 9.10. The highest BCUT2D eigenvalue weighted by Gasteiger charge is 2.03. The fourth-order valence-electron chi connectivity index (χ4n) is 1.83. The summed E-state index contributed by atoms with van der Waals surface area (Å²) in [6.07, 6.45) is 1.66. The van der Waals surface area contributed by atoms with E-state index in [9.17, 15) is 4.79 Å². The zero-order valence-electron chi connectivity index (χ0n) is 11.4. The molecule has 2 aromatic rings. The first-order chi connectivity index (χ1) is 9.56. The normalized spacial score (nSPS) is 10.8. The number of nitrogens with zero attached hydrogens (tertiary/aromatic N) is 1. The molecule has 2 aromatic carbocycles. The first-order valence-corrected chi connectivity index (χ1v) is 7.02. The molecule has 0 unspecified atom stereocenters. The van der Waals surface area contributed by atoms with Gasteiger partial charge in [0.25, 0.3) is 5.91 Å². The van der Waals surface area contributed by atoms with E-state index in [0.717, 1.165) is 15.6 Å². The van der Waals surface area contributed by atoms with E-state index in [1.54, 1.807) is 18.3 Å². The molecule has 0 radical (unpaired) electrons. The molecule has 0 saturated carbocycles. The van der Waals surface area contributed by atoms with E-state index < -0.39 is 0 Å². The molecule has 1 N–H and O–H groups in total. The summed E-state index contributed by atoms with van der Waals surface area (Å²) < 4.78 is 0.864. The maximum atomic E-state index is 11.9. The van der Waals surface area contributed by atoms with E-state index in [4.69, 9.17) is 0 Å². The molecule has 20 heavy (non-hydrogen) atoms. The quantitative estimate of drug-likeness (QED) is 0.674. The molecule has 1 amide bonds. The number of benzene rings is 2. The summed E-state index contributed by atoms with van der Waals surface area (Å²) in [7, 11) is 0. The van der Waals surface area contributed by atoms with E-state index in [0.29, 0.717) is 5.56 Å². The van der Waals surface area contributed by atoms with Crippen LogP contribution >= 0.6 is 15.9 Å². The van der Waals surface area contributed by atoms with Gasteiger partial charge in [-0.05, 0) is 43.2 Å². The molecule has 0 heterocycles. The Morgan fingerprint density at radius 2 is 2.00 bits per heavy atom. The molecular weight excluding hydrogens is 316 g/mol. The van der Waals surface area contributed by atoms with Crippen LogP contribution in [0.2, 0.25) is 0 Å². The second-order valence-electron chi connectivity index (χ2n) is 4.57. The Morgan fingerprint density at radius 1 is 1.20 bits per heavy atom. The Bertz CT molecular complexity index is 665.